The fourth-order valence-corrected chi connectivity index (χ4v) is 1.96. The number of anilines is 2. The van der Waals surface area contributed by atoms with Crippen molar-refractivity contribution in [2.45, 2.75) is 20.8 Å². The van der Waals surface area contributed by atoms with E-state index in [-0.39, 0.29) is 11.8 Å². The average Bonchev–Trinajstić information content (AvgIpc) is 2.68. The lowest BCUT2D eigenvalue weighted by Crippen LogP contribution is -2.14. The molecule has 3 N–H and O–H groups in total. The molecule has 2 aromatic rings. The predicted molar refractivity (Wildman–Crippen MR) is 76.8 cm³/mol. The molecule has 0 unspecified atom stereocenters. The van der Waals surface area contributed by atoms with E-state index in [0.29, 0.717) is 22.6 Å². The number of amides is 2. The number of aromatic amines is 1. The average molecular weight is 272 g/mol. The third kappa shape index (κ3) is 3.03. The molecule has 0 aliphatic heterocycles. The Bertz CT molecular complexity index is 641. The fraction of sp³-hybridized carbons (Fsp3) is 0.214. The van der Waals surface area contributed by atoms with Crippen molar-refractivity contribution in [2.24, 2.45) is 0 Å². The Kier molecular flexibility index (Phi) is 3.84. The topological polar surface area (TPSA) is 86.9 Å². The molecule has 104 valence electrons. The maximum Gasteiger partial charge on any atom is 0.259 e. The Balaban J connectivity index is 2.18. The summed E-state index contributed by atoms with van der Waals surface area (Å²) in [6, 6.07) is 6.97. The van der Waals surface area contributed by atoms with Gasteiger partial charge >= 0.3 is 0 Å². The van der Waals surface area contributed by atoms with Crippen LogP contribution in [0.3, 0.4) is 0 Å². The highest BCUT2D eigenvalue weighted by Gasteiger charge is 2.15. The lowest BCUT2D eigenvalue weighted by molar-refractivity contribution is -0.114. The third-order valence-corrected chi connectivity index (χ3v) is 2.80. The van der Waals surface area contributed by atoms with Crippen molar-refractivity contribution in [3.05, 3.63) is 41.2 Å². The number of rotatable bonds is 3. The molecule has 0 saturated carbocycles. The number of carbonyl (C=O) groups is 2. The number of H-pyrrole nitrogens is 1. The standard InChI is InChI=1S/C14H16N4O2/c1-8-13(9(2)18-17-8)14(20)16-12-6-4-5-11(7-12)15-10(3)19/h4-7H,1-3H3,(H,15,19)(H,16,20)(H,17,18). The first kappa shape index (κ1) is 13.8. The van der Waals surface area contributed by atoms with Crippen molar-refractivity contribution in [3.63, 3.8) is 0 Å². The maximum absolute atomic E-state index is 12.2. The number of hydrogen-bond acceptors (Lipinski definition) is 3. The van der Waals surface area contributed by atoms with Crippen LogP contribution in [0.2, 0.25) is 0 Å². The Morgan fingerprint density at radius 3 is 2.35 bits per heavy atom. The smallest absolute Gasteiger partial charge is 0.259 e. The van der Waals surface area contributed by atoms with Gasteiger partial charge in [-0.15, -0.1) is 0 Å². The number of nitrogens with one attached hydrogen (secondary N) is 3. The molecule has 1 heterocycles. The van der Waals surface area contributed by atoms with Gasteiger partial charge in [-0.25, -0.2) is 0 Å². The molecular formula is C14H16N4O2. The second-order valence-corrected chi connectivity index (χ2v) is 4.53. The molecule has 0 atom stereocenters. The number of benzene rings is 1. The second-order valence-electron chi connectivity index (χ2n) is 4.53. The summed E-state index contributed by atoms with van der Waals surface area (Å²) in [7, 11) is 0. The molecule has 6 nitrogen and oxygen atoms in total. The normalized spacial score (nSPS) is 10.2. The van der Waals surface area contributed by atoms with E-state index in [1.807, 2.05) is 0 Å². The van der Waals surface area contributed by atoms with Crippen LogP contribution >= 0.6 is 0 Å². The van der Waals surface area contributed by atoms with Gasteiger partial charge in [0.2, 0.25) is 5.91 Å². The van der Waals surface area contributed by atoms with Gasteiger partial charge in [-0.2, -0.15) is 5.10 Å². The summed E-state index contributed by atoms with van der Waals surface area (Å²) >= 11 is 0. The number of carbonyl (C=O) groups excluding carboxylic acids is 2. The number of hydrogen-bond donors (Lipinski definition) is 3. The van der Waals surface area contributed by atoms with Gasteiger partial charge in [0.05, 0.1) is 11.3 Å². The number of aryl methyl sites for hydroxylation is 2. The molecule has 0 spiro atoms. The quantitative estimate of drug-likeness (QED) is 0.800. The largest absolute Gasteiger partial charge is 0.326 e. The Morgan fingerprint density at radius 1 is 1.15 bits per heavy atom. The van der Waals surface area contributed by atoms with Crippen molar-refractivity contribution < 1.29 is 9.59 Å². The summed E-state index contributed by atoms with van der Waals surface area (Å²) in [5, 5.41) is 12.2. The van der Waals surface area contributed by atoms with Gasteiger partial charge in [0.15, 0.2) is 0 Å². The predicted octanol–water partition coefficient (Wildman–Crippen LogP) is 2.24. The molecule has 6 heteroatoms. The Hall–Kier alpha value is -2.63. The molecule has 2 rings (SSSR count). The monoisotopic (exact) mass is 272 g/mol. The van der Waals surface area contributed by atoms with Gasteiger partial charge in [-0.1, -0.05) is 6.07 Å². The summed E-state index contributed by atoms with van der Waals surface area (Å²) in [6.07, 6.45) is 0. The first-order valence-electron chi connectivity index (χ1n) is 6.18. The van der Waals surface area contributed by atoms with Crippen LogP contribution in [-0.4, -0.2) is 22.0 Å². The van der Waals surface area contributed by atoms with Gasteiger partial charge in [0, 0.05) is 24.0 Å². The highest BCUT2D eigenvalue weighted by molar-refractivity contribution is 6.06. The van der Waals surface area contributed by atoms with E-state index in [2.05, 4.69) is 20.8 Å². The molecule has 2 amide bonds. The summed E-state index contributed by atoms with van der Waals surface area (Å²) in [4.78, 5) is 23.2. The van der Waals surface area contributed by atoms with E-state index in [1.165, 1.54) is 6.92 Å². The Labute approximate surface area is 116 Å². The lowest BCUT2D eigenvalue weighted by atomic mass is 10.2. The van der Waals surface area contributed by atoms with Crippen LogP contribution in [-0.2, 0) is 4.79 Å². The minimum Gasteiger partial charge on any atom is -0.326 e. The SMILES string of the molecule is CC(=O)Nc1cccc(NC(=O)c2c(C)n[nH]c2C)c1. The van der Waals surface area contributed by atoms with Gasteiger partial charge in [-0.3, -0.25) is 14.7 Å². The Morgan fingerprint density at radius 2 is 1.80 bits per heavy atom. The van der Waals surface area contributed by atoms with E-state index < -0.39 is 0 Å². The van der Waals surface area contributed by atoms with E-state index in [0.717, 1.165) is 5.69 Å². The minimum absolute atomic E-state index is 0.157. The van der Waals surface area contributed by atoms with E-state index in [9.17, 15) is 9.59 Å². The highest BCUT2D eigenvalue weighted by atomic mass is 16.2. The van der Waals surface area contributed by atoms with Crippen molar-refractivity contribution >= 4 is 23.2 Å². The highest BCUT2D eigenvalue weighted by Crippen LogP contribution is 2.17. The van der Waals surface area contributed by atoms with Crippen LogP contribution in [0.5, 0.6) is 0 Å². The second kappa shape index (κ2) is 5.56. The van der Waals surface area contributed by atoms with Gasteiger partial charge in [-0.05, 0) is 32.0 Å². The number of nitrogens with zero attached hydrogens (tertiary/aromatic N) is 1. The number of aromatic nitrogens is 2. The summed E-state index contributed by atoms with van der Waals surface area (Å²) in [5.41, 5.74) is 3.16. The summed E-state index contributed by atoms with van der Waals surface area (Å²) in [6.45, 7) is 5.00. The molecule has 1 aromatic carbocycles. The first-order chi connectivity index (χ1) is 9.47. The van der Waals surface area contributed by atoms with Crippen LogP contribution in [0, 0.1) is 13.8 Å². The molecule has 0 aliphatic rings. The molecule has 0 saturated heterocycles. The van der Waals surface area contributed by atoms with Crippen LogP contribution in [0.4, 0.5) is 11.4 Å². The lowest BCUT2D eigenvalue weighted by Gasteiger charge is -2.08. The zero-order chi connectivity index (χ0) is 14.7. The molecule has 0 radical (unpaired) electrons. The maximum atomic E-state index is 12.2. The fourth-order valence-electron chi connectivity index (χ4n) is 1.96. The van der Waals surface area contributed by atoms with Crippen molar-refractivity contribution in [3.8, 4) is 0 Å². The van der Waals surface area contributed by atoms with Crippen LogP contribution < -0.4 is 10.6 Å². The molecule has 0 bridgehead atoms. The minimum atomic E-state index is -0.228. The van der Waals surface area contributed by atoms with E-state index in [1.54, 1.807) is 38.1 Å². The first-order valence-corrected chi connectivity index (χ1v) is 6.18. The van der Waals surface area contributed by atoms with Gasteiger partial charge < -0.3 is 10.6 Å². The van der Waals surface area contributed by atoms with Gasteiger partial charge in [0.1, 0.15) is 0 Å². The van der Waals surface area contributed by atoms with Crippen molar-refractivity contribution in [2.75, 3.05) is 10.6 Å². The van der Waals surface area contributed by atoms with Crippen molar-refractivity contribution in [1.29, 1.82) is 0 Å². The molecular weight excluding hydrogens is 256 g/mol. The van der Waals surface area contributed by atoms with Crippen molar-refractivity contribution in [1.82, 2.24) is 10.2 Å². The van der Waals surface area contributed by atoms with E-state index in [4.69, 9.17) is 0 Å². The summed E-state index contributed by atoms with van der Waals surface area (Å²) < 4.78 is 0. The summed E-state index contributed by atoms with van der Waals surface area (Å²) in [5.74, 6) is -0.385. The zero-order valence-electron chi connectivity index (χ0n) is 11.6. The molecule has 1 aromatic heterocycles. The van der Waals surface area contributed by atoms with Crippen LogP contribution in [0.25, 0.3) is 0 Å². The van der Waals surface area contributed by atoms with Crippen LogP contribution in [0.15, 0.2) is 24.3 Å². The van der Waals surface area contributed by atoms with Gasteiger partial charge in [0.25, 0.3) is 5.91 Å². The molecule has 20 heavy (non-hydrogen) atoms. The van der Waals surface area contributed by atoms with Crippen LogP contribution in [0.1, 0.15) is 28.7 Å². The third-order valence-electron chi connectivity index (χ3n) is 2.80. The zero-order valence-corrected chi connectivity index (χ0v) is 11.6. The molecule has 0 aliphatic carbocycles. The molecule has 0 fully saturated rings. The van der Waals surface area contributed by atoms with E-state index >= 15 is 0 Å².